The van der Waals surface area contributed by atoms with E-state index in [0.29, 0.717) is 11.8 Å². The quantitative estimate of drug-likeness (QED) is 0.700. The van der Waals surface area contributed by atoms with Gasteiger partial charge in [0, 0.05) is 17.1 Å². The summed E-state index contributed by atoms with van der Waals surface area (Å²) in [6.07, 6.45) is 3.27. The van der Waals surface area contributed by atoms with Crippen LogP contribution in [0, 0.1) is 0 Å². The summed E-state index contributed by atoms with van der Waals surface area (Å²) >= 11 is 3.50. The SMILES string of the molecule is CCS(=O)(=O)CCCN1CCCC1CBr. The molecule has 0 saturated carbocycles. The number of rotatable bonds is 6. The first-order valence-electron chi connectivity index (χ1n) is 5.59. The Morgan fingerprint density at radius 3 is 2.80 bits per heavy atom. The number of hydrogen-bond acceptors (Lipinski definition) is 3. The molecule has 1 unspecified atom stereocenters. The van der Waals surface area contributed by atoms with E-state index < -0.39 is 9.84 Å². The Bertz CT molecular complexity index is 279. The predicted molar refractivity (Wildman–Crippen MR) is 67.3 cm³/mol. The Hall–Kier alpha value is 0.390. The van der Waals surface area contributed by atoms with E-state index in [-0.39, 0.29) is 5.75 Å². The van der Waals surface area contributed by atoms with Crippen molar-refractivity contribution >= 4 is 25.8 Å². The zero-order valence-corrected chi connectivity index (χ0v) is 11.7. The molecule has 1 rings (SSSR count). The number of likely N-dealkylation sites (tertiary alicyclic amines) is 1. The topological polar surface area (TPSA) is 37.4 Å². The van der Waals surface area contributed by atoms with Gasteiger partial charge in [-0.1, -0.05) is 22.9 Å². The van der Waals surface area contributed by atoms with Gasteiger partial charge in [0.05, 0.1) is 5.75 Å². The van der Waals surface area contributed by atoms with Gasteiger partial charge in [0.25, 0.3) is 0 Å². The van der Waals surface area contributed by atoms with Crippen molar-refractivity contribution in [2.75, 3.05) is 29.9 Å². The fraction of sp³-hybridized carbons (Fsp3) is 1.00. The maximum atomic E-state index is 11.3. The third-order valence-corrected chi connectivity index (χ3v) is 5.56. The normalized spacial score (nSPS) is 23.5. The van der Waals surface area contributed by atoms with Crippen LogP contribution in [-0.4, -0.2) is 49.3 Å². The first-order valence-corrected chi connectivity index (χ1v) is 8.54. The van der Waals surface area contributed by atoms with Crippen LogP contribution in [0.4, 0.5) is 0 Å². The maximum Gasteiger partial charge on any atom is 0.150 e. The fourth-order valence-corrected chi connectivity index (χ4v) is 3.59. The number of nitrogens with zero attached hydrogens (tertiary/aromatic N) is 1. The first-order chi connectivity index (χ1) is 7.09. The molecule has 90 valence electrons. The number of hydrogen-bond donors (Lipinski definition) is 0. The lowest BCUT2D eigenvalue weighted by atomic mass is 10.2. The van der Waals surface area contributed by atoms with Crippen LogP contribution in [0.1, 0.15) is 26.2 Å². The summed E-state index contributed by atoms with van der Waals surface area (Å²) in [7, 11) is -2.77. The molecule has 3 nitrogen and oxygen atoms in total. The lowest BCUT2D eigenvalue weighted by Crippen LogP contribution is -2.32. The number of sulfone groups is 1. The second-order valence-electron chi connectivity index (χ2n) is 4.08. The van der Waals surface area contributed by atoms with Gasteiger partial charge in [-0.3, -0.25) is 4.90 Å². The van der Waals surface area contributed by atoms with Crippen LogP contribution in [0.3, 0.4) is 0 Å². The molecule has 1 heterocycles. The van der Waals surface area contributed by atoms with Gasteiger partial charge in [0.2, 0.25) is 0 Å². The monoisotopic (exact) mass is 297 g/mol. The van der Waals surface area contributed by atoms with Gasteiger partial charge in [-0.15, -0.1) is 0 Å². The van der Waals surface area contributed by atoms with Crippen LogP contribution in [0.25, 0.3) is 0 Å². The second kappa shape index (κ2) is 6.21. The summed E-state index contributed by atoms with van der Waals surface area (Å²) in [6, 6.07) is 0.620. The highest BCUT2D eigenvalue weighted by atomic mass is 79.9. The van der Waals surface area contributed by atoms with Crippen LogP contribution in [0.15, 0.2) is 0 Å². The van der Waals surface area contributed by atoms with Crippen molar-refractivity contribution in [1.29, 1.82) is 0 Å². The van der Waals surface area contributed by atoms with E-state index in [1.54, 1.807) is 6.92 Å². The molecule has 5 heteroatoms. The van der Waals surface area contributed by atoms with Crippen molar-refractivity contribution in [3.05, 3.63) is 0 Å². The zero-order chi connectivity index (χ0) is 11.3. The van der Waals surface area contributed by atoms with E-state index in [4.69, 9.17) is 0 Å². The summed E-state index contributed by atoms with van der Waals surface area (Å²) < 4.78 is 22.6. The lowest BCUT2D eigenvalue weighted by molar-refractivity contribution is 0.274. The van der Waals surface area contributed by atoms with Gasteiger partial charge in [0.15, 0.2) is 0 Å². The molecular formula is C10H20BrNO2S. The molecule has 0 aromatic rings. The Kier molecular flexibility index (Phi) is 5.57. The Morgan fingerprint density at radius 2 is 2.20 bits per heavy atom. The Labute approximate surface area is 101 Å². The minimum absolute atomic E-state index is 0.273. The molecule has 0 radical (unpaired) electrons. The summed E-state index contributed by atoms with van der Waals surface area (Å²) in [5.41, 5.74) is 0. The van der Waals surface area contributed by atoms with Crippen LogP contribution < -0.4 is 0 Å². The highest BCUT2D eigenvalue weighted by molar-refractivity contribution is 9.09. The van der Waals surface area contributed by atoms with E-state index in [1.165, 1.54) is 12.8 Å². The van der Waals surface area contributed by atoms with Crippen molar-refractivity contribution < 1.29 is 8.42 Å². The lowest BCUT2D eigenvalue weighted by Gasteiger charge is -2.22. The van der Waals surface area contributed by atoms with Gasteiger partial charge < -0.3 is 0 Å². The largest absolute Gasteiger partial charge is 0.300 e. The van der Waals surface area contributed by atoms with Crippen molar-refractivity contribution in [3.63, 3.8) is 0 Å². The van der Waals surface area contributed by atoms with Crippen molar-refractivity contribution in [2.45, 2.75) is 32.2 Å². The van der Waals surface area contributed by atoms with Crippen molar-refractivity contribution in [1.82, 2.24) is 4.90 Å². The van der Waals surface area contributed by atoms with E-state index in [1.807, 2.05) is 0 Å². The van der Waals surface area contributed by atoms with Gasteiger partial charge in [-0.25, -0.2) is 8.42 Å². The minimum atomic E-state index is -2.77. The molecule has 0 bridgehead atoms. The molecule has 0 amide bonds. The molecule has 0 N–H and O–H groups in total. The first kappa shape index (κ1) is 13.5. The molecule has 1 aliphatic rings. The number of halogens is 1. The van der Waals surface area contributed by atoms with Crippen LogP contribution >= 0.6 is 15.9 Å². The standard InChI is InChI=1S/C10H20BrNO2S/c1-2-15(13,14)8-4-7-12-6-3-5-10(12)9-11/h10H,2-9H2,1H3. The summed E-state index contributed by atoms with van der Waals surface area (Å²) in [5.74, 6) is 0.615. The molecule has 1 saturated heterocycles. The van der Waals surface area contributed by atoms with Gasteiger partial charge in [-0.2, -0.15) is 0 Å². The van der Waals surface area contributed by atoms with Gasteiger partial charge in [0.1, 0.15) is 9.84 Å². The third-order valence-electron chi connectivity index (χ3n) is 3.02. The van der Waals surface area contributed by atoms with Gasteiger partial charge in [-0.05, 0) is 32.4 Å². The molecule has 0 aromatic heterocycles. The summed E-state index contributed by atoms with van der Waals surface area (Å²) in [5, 5.41) is 1.01. The molecule has 0 spiro atoms. The fourth-order valence-electron chi connectivity index (χ4n) is 2.00. The maximum absolute atomic E-state index is 11.3. The van der Waals surface area contributed by atoms with Crippen molar-refractivity contribution in [3.8, 4) is 0 Å². The Balaban J connectivity index is 2.25. The molecule has 1 atom stereocenters. The van der Waals surface area contributed by atoms with Crippen LogP contribution in [-0.2, 0) is 9.84 Å². The molecule has 0 aromatic carbocycles. The summed E-state index contributed by atoms with van der Waals surface area (Å²) in [4.78, 5) is 2.40. The molecule has 1 fully saturated rings. The average Bonchev–Trinajstić information content (AvgIpc) is 2.65. The minimum Gasteiger partial charge on any atom is -0.300 e. The third kappa shape index (κ3) is 4.41. The zero-order valence-electron chi connectivity index (χ0n) is 9.28. The molecule has 0 aliphatic carbocycles. The predicted octanol–water partition coefficient (Wildman–Crippen LogP) is 1.67. The highest BCUT2D eigenvalue weighted by Crippen LogP contribution is 2.18. The Morgan fingerprint density at radius 1 is 1.47 bits per heavy atom. The van der Waals surface area contributed by atoms with E-state index in [0.717, 1.165) is 24.8 Å². The highest BCUT2D eigenvalue weighted by Gasteiger charge is 2.23. The van der Waals surface area contributed by atoms with E-state index >= 15 is 0 Å². The average molecular weight is 298 g/mol. The number of alkyl halides is 1. The van der Waals surface area contributed by atoms with Gasteiger partial charge >= 0.3 is 0 Å². The molecule has 15 heavy (non-hydrogen) atoms. The van der Waals surface area contributed by atoms with E-state index in [9.17, 15) is 8.42 Å². The van der Waals surface area contributed by atoms with Crippen molar-refractivity contribution in [2.24, 2.45) is 0 Å². The smallest absolute Gasteiger partial charge is 0.150 e. The van der Waals surface area contributed by atoms with E-state index in [2.05, 4.69) is 20.8 Å². The molecule has 1 aliphatic heterocycles. The molecular weight excluding hydrogens is 278 g/mol. The summed E-state index contributed by atoms with van der Waals surface area (Å²) in [6.45, 7) is 3.77. The van der Waals surface area contributed by atoms with Crippen LogP contribution in [0.2, 0.25) is 0 Å². The second-order valence-corrected chi connectivity index (χ2v) is 7.20. The van der Waals surface area contributed by atoms with Crippen LogP contribution in [0.5, 0.6) is 0 Å².